The summed E-state index contributed by atoms with van der Waals surface area (Å²) in [5.74, 6) is 3.03. The van der Waals surface area contributed by atoms with Gasteiger partial charge in [-0.3, -0.25) is 19.3 Å². The summed E-state index contributed by atoms with van der Waals surface area (Å²) >= 11 is 0. The Morgan fingerprint density at radius 3 is 1.26 bits per heavy atom. The largest absolute Gasteiger partial charge is 0.451 e. The van der Waals surface area contributed by atoms with Gasteiger partial charge >= 0.3 is 0 Å². The number of methoxy groups -OCH3 is 1. The minimum atomic E-state index is -0.0262. The lowest BCUT2D eigenvalue weighted by molar-refractivity contribution is -0.121. The zero-order chi connectivity index (χ0) is 107. The number of rotatable bonds is 13. The Kier molecular flexibility index (Phi) is 48.2. The lowest BCUT2D eigenvalue weighted by atomic mass is 9.88. The van der Waals surface area contributed by atoms with Crippen molar-refractivity contribution in [2.24, 2.45) is 7.05 Å². The van der Waals surface area contributed by atoms with Gasteiger partial charge in [-0.05, 0) is 107 Å². The SMILES string of the molecule is CC(C)(C)c1cn(CCO)cn1.CC(C)(C)c1cn(Cc2ncco2)cn1.CC(C)(C)c1cocn1.CC(C)n1cnc(C(C)(C)C)c1.CCCn1cnc(C(C)(C)C)c1.CCn1cc(C(C)(C)C)cn1.CNC(=O)Cn1ncc(C(C)(C)C)c1C.COCCn1cnc(C(C)(C)C)c1.Cc1[nH]ncc1C(C)(C)C.Cc1nc(C(C)(C)C)co1.Cc1ncn(C(C)(C)C)n1.Cn1nnc(C(C)(C)C)n1. The number of carbonyl (C=O) groups excluding carboxylic acids is 1. The van der Waals surface area contributed by atoms with Crippen molar-refractivity contribution in [3.63, 3.8) is 0 Å². The first kappa shape index (κ1) is 124. The molecule has 0 spiro atoms. The summed E-state index contributed by atoms with van der Waals surface area (Å²) in [5, 5.41) is 42.5. The third-order valence-electron chi connectivity index (χ3n) is 20.8. The number of hydrogen-bond donors (Lipinski definition) is 3. The Labute approximate surface area is 834 Å². The quantitative estimate of drug-likeness (QED) is 0.0965. The molecule has 13 heterocycles. The van der Waals surface area contributed by atoms with Gasteiger partial charge in [0, 0.05) is 145 Å². The van der Waals surface area contributed by atoms with Crippen LogP contribution in [0.4, 0.5) is 0 Å². The molecule has 33 nitrogen and oxygen atoms in total. The third kappa shape index (κ3) is 47.2. The number of aryl methyl sites for hydroxylation is 6. The van der Waals surface area contributed by atoms with E-state index in [2.05, 4.69) is 407 Å². The number of nitrogens with one attached hydrogen (secondary N) is 2. The van der Waals surface area contributed by atoms with Crippen molar-refractivity contribution in [2.45, 2.75) is 421 Å². The number of imidazole rings is 5. The molecule has 0 fully saturated rings. The maximum absolute atomic E-state index is 11.2. The minimum Gasteiger partial charge on any atom is -0.451 e. The lowest BCUT2D eigenvalue weighted by Gasteiger charge is -2.17. The molecule has 0 saturated heterocycles. The number of H-pyrrole nitrogens is 1. The van der Waals surface area contributed by atoms with E-state index in [4.69, 9.17) is 23.1 Å². The van der Waals surface area contributed by atoms with Gasteiger partial charge in [0.25, 0.3) is 0 Å². The molecule has 13 rings (SSSR count). The topological polar surface area (TPSA) is 364 Å². The van der Waals surface area contributed by atoms with Crippen molar-refractivity contribution < 1.29 is 27.9 Å². The normalized spacial score (nSPS) is 12.0. The van der Waals surface area contributed by atoms with Crippen LogP contribution in [0.25, 0.3) is 0 Å². The van der Waals surface area contributed by atoms with Crippen LogP contribution in [0.5, 0.6) is 0 Å². The van der Waals surface area contributed by atoms with Crippen molar-refractivity contribution in [1.29, 1.82) is 0 Å². The second-order valence-corrected chi connectivity index (χ2v) is 47.2. The monoisotopic (exact) mass is 1930 g/mol. The molecule has 0 aromatic carbocycles. The number of oxazole rings is 3. The van der Waals surface area contributed by atoms with E-state index in [1.54, 1.807) is 63.5 Å². The molecule has 0 aliphatic carbocycles. The van der Waals surface area contributed by atoms with Crippen molar-refractivity contribution in [2.75, 3.05) is 27.4 Å². The summed E-state index contributed by atoms with van der Waals surface area (Å²) in [4.78, 5) is 50.7. The molecule has 0 aliphatic heterocycles. The summed E-state index contributed by atoms with van der Waals surface area (Å²) in [5.41, 5.74) is 15.1. The van der Waals surface area contributed by atoms with Crippen molar-refractivity contribution >= 4 is 5.91 Å². The highest BCUT2D eigenvalue weighted by molar-refractivity contribution is 5.75. The highest BCUT2D eigenvalue weighted by Gasteiger charge is 2.26. The number of likely N-dealkylation sites (N-methyl/N-ethyl adjacent to an activating group) is 1. The van der Waals surface area contributed by atoms with E-state index >= 15 is 0 Å². The summed E-state index contributed by atoms with van der Waals surface area (Å²) in [6.07, 6.45) is 38.4. The first-order valence-electron chi connectivity index (χ1n) is 48.4. The number of tetrazole rings is 1. The molecule has 778 valence electrons. The predicted octanol–water partition coefficient (Wildman–Crippen LogP) is 22.1. The van der Waals surface area contributed by atoms with Gasteiger partial charge in [0.15, 0.2) is 18.1 Å². The number of aromatic nitrogens is 26. The van der Waals surface area contributed by atoms with E-state index in [1.807, 2.05) is 102 Å². The minimum absolute atomic E-state index is 0.00819. The molecule has 13 aromatic heterocycles. The van der Waals surface area contributed by atoms with E-state index in [1.165, 1.54) is 45.7 Å². The maximum atomic E-state index is 11.2. The van der Waals surface area contributed by atoms with Crippen LogP contribution in [0, 0.1) is 27.7 Å². The molecule has 0 unspecified atom stereocenters. The van der Waals surface area contributed by atoms with Crippen LogP contribution in [0.2, 0.25) is 0 Å². The number of aliphatic hydroxyl groups is 1. The number of amides is 1. The number of nitrogens with zero attached hydrogens (tertiary/aromatic N) is 25. The van der Waals surface area contributed by atoms with Gasteiger partial charge in [-0.25, -0.2) is 49.5 Å². The molecule has 0 bridgehead atoms. The first-order valence-corrected chi connectivity index (χ1v) is 48.4. The van der Waals surface area contributed by atoms with Crippen molar-refractivity contribution in [3.8, 4) is 0 Å². The summed E-state index contributed by atoms with van der Waals surface area (Å²) in [6.45, 7) is 98.8. The average molecular weight is 1930 g/mol. The van der Waals surface area contributed by atoms with Gasteiger partial charge in [0.05, 0.1) is 122 Å². The molecule has 33 heteroatoms. The summed E-state index contributed by atoms with van der Waals surface area (Å²) < 4.78 is 35.9. The van der Waals surface area contributed by atoms with Crippen LogP contribution >= 0.6 is 0 Å². The Morgan fingerprint density at radius 1 is 0.496 bits per heavy atom. The van der Waals surface area contributed by atoms with Crippen molar-refractivity contribution in [1.82, 2.24) is 133 Å². The first-order chi connectivity index (χ1) is 63.6. The van der Waals surface area contributed by atoms with Gasteiger partial charge in [0.2, 0.25) is 11.8 Å². The van der Waals surface area contributed by atoms with E-state index in [0.717, 1.165) is 83.6 Å². The number of hydrogen-bond acceptors (Lipinski definition) is 22. The Bertz CT molecular complexity index is 5300. The highest BCUT2D eigenvalue weighted by atomic mass is 16.5. The second-order valence-electron chi connectivity index (χ2n) is 47.2. The van der Waals surface area contributed by atoms with Gasteiger partial charge in [-0.15, -0.1) is 10.2 Å². The average Bonchev–Trinajstić information content (AvgIpc) is 1.68. The molecule has 13 aromatic rings. The standard InChI is InChI=1S/C11H15N3O.C11H19N3O.C10H18N2O.2C10H18N2.C9H16N2O.C9H16N2.C8H14N2.C8H13NO.C7H13N3.C7H11NO.C6H12N4/c1-11(2,3)9-6-14(8-13-9)7-10-12-4-5-15-10;1-8-9(11(2,3)4)6-13-14(8)7-10(15)12-5;1-10(2,3)9-7-12(8-11-9)5-6-13-4;1-8(2)12-6-9(11-7-12)10(3,4)5;1-5-6-12-7-9(11-8-12)10(2,3)4;1-9(2,3)8-6-11(4-5-12)7-10-8;1-5-11-7-8(6-10-11)9(2,3)4;1-6-7(5-9-10-6)8(2,3)4;1-6-9-7(5-10-6)8(2,3)4;1-6-8-5-10(9-6)7(2,3)4;1-7(2,3)6-4-9-5-8-6;1-6(2,3)5-7-9-10(4)8-5/h4-6,8H,7H2,1-3H3;6H,7H2,1-5H3,(H,12,15);7-8H,5-6H2,1-4H3;6-8H,1-5H3;7-8H,5-6H2,1-4H3;6-7,12H,4-5H2,1-3H3;6-7H,5H2,1-4H3;5H,1-4H3,(H,9,10);2*5H,1-4H3;4-5H,1-3H3;1-4H3. The smallest absolute Gasteiger partial charge is 0.241 e. The molecule has 3 N–H and O–H groups in total. The Morgan fingerprint density at radius 2 is 0.978 bits per heavy atom. The molecule has 139 heavy (non-hydrogen) atoms. The Hall–Kier alpha value is -11.1. The van der Waals surface area contributed by atoms with Crippen LogP contribution in [0.3, 0.4) is 0 Å². The fourth-order valence-corrected chi connectivity index (χ4v) is 11.6. The summed E-state index contributed by atoms with van der Waals surface area (Å²) in [7, 11) is 5.11. The highest BCUT2D eigenvalue weighted by Crippen LogP contribution is 2.30. The van der Waals surface area contributed by atoms with Crippen LogP contribution in [0.1, 0.15) is 381 Å². The molecule has 1 amide bonds. The maximum Gasteiger partial charge on any atom is 0.241 e. The van der Waals surface area contributed by atoms with Crippen LogP contribution < -0.4 is 5.32 Å². The van der Waals surface area contributed by atoms with Crippen LogP contribution in [-0.4, -0.2) is 166 Å². The predicted molar refractivity (Wildman–Crippen MR) is 561 cm³/mol. The molecule has 0 atom stereocenters. The van der Waals surface area contributed by atoms with E-state index in [9.17, 15) is 4.79 Å². The number of aliphatic hydroxyl groups excluding tert-OH is 1. The van der Waals surface area contributed by atoms with E-state index < -0.39 is 0 Å². The summed E-state index contributed by atoms with van der Waals surface area (Å²) in [6, 6.07) is 0.508. The molecule has 0 saturated carbocycles. The van der Waals surface area contributed by atoms with Crippen LogP contribution in [-0.2, 0) is 121 Å². The third-order valence-corrected chi connectivity index (χ3v) is 20.8. The number of aromatic amines is 1. The van der Waals surface area contributed by atoms with E-state index in [-0.39, 0.29) is 77.6 Å². The molecular weight excluding hydrogens is 1750 g/mol. The lowest BCUT2D eigenvalue weighted by Crippen LogP contribution is -2.25. The zero-order valence-electron chi connectivity index (χ0n) is 94.7. The fourth-order valence-electron chi connectivity index (χ4n) is 11.6. The van der Waals surface area contributed by atoms with Gasteiger partial charge in [-0.1, -0.05) is 235 Å². The van der Waals surface area contributed by atoms with Gasteiger partial charge in [0.1, 0.15) is 44.0 Å². The van der Waals surface area contributed by atoms with Gasteiger partial charge in [-0.2, -0.15) is 25.2 Å². The zero-order valence-corrected chi connectivity index (χ0v) is 94.7. The van der Waals surface area contributed by atoms with E-state index in [0.29, 0.717) is 31.6 Å². The number of ether oxygens (including phenoxy) is 1. The Balaban J connectivity index is 0.000000514. The van der Waals surface area contributed by atoms with Crippen molar-refractivity contribution in [3.05, 3.63) is 216 Å². The van der Waals surface area contributed by atoms with Gasteiger partial charge < -0.3 is 51.2 Å². The van der Waals surface area contributed by atoms with Crippen LogP contribution in [0.15, 0.2) is 138 Å². The fraction of sp³-hybridized carbons (Fsp3) is 0.651. The second kappa shape index (κ2) is 54.1. The molecule has 0 radical (unpaired) electrons. The molecule has 0 aliphatic rings. The number of carbonyl (C=O) groups is 1. The molecular formula is C106H183N27O6.